The lowest BCUT2D eigenvalue weighted by molar-refractivity contribution is 0.0712. The van der Waals surface area contributed by atoms with Gasteiger partial charge in [0.2, 0.25) is 0 Å². The van der Waals surface area contributed by atoms with E-state index in [2.05, 4.69) is 26.9 Å². The van der Waals surface area contributed by atoms with Gasteiger partial charge in [0.1, 0.15) is 0 Å². The molecule has 1 saturated heterocycles. The van der Waals surface area contributed by atoms with Crippen molar-refractivity contribution in [3.05, 3.63) is 53.2 Å². The number of nitriles is 1. The molecule has 30 heavy (non-hydrogen) atoms. The Bertz CT molecular complexity index is 927. The van der Waals surface area contributed by atoms with Crippen LogP contribution < -0.4 is 10.6 Å². The monoisotopic (exact) mass is 406 g/mol. The highest BCUT2D eigenvalue weighted by Gasteiger charge is 2.25. The average molecular weight is 406 g/mol. The minimum absolute atomic E-state index is 0.117. The maximum atomic E-state index is 12.9. The lowest BCUT2D eigenvalue weighted by atomic mass is 9.89. The number of nitrogens with zero attached hydrogens (tertiary/aromatic N) is 4. The van der Waals surface area contributed by atoms with Gasteiger partial charge in [-0.1, -0.05) is 26.0 Å². The van der Waals surface area contributed by atoms with E-state index in [1.807, 2.05) is 38.1 Å². The fourth-order valence-corrected chi connectivity index (χ4v) is 3.43. The van der Waals surface area contributed by atoms with Crippen LogP contribution in [0.4, 0.5) is 10.6 Å². The second kappa shape index (κ2) is 9.83. The molecular formula is C22H26N6O2. The summed E-state index contributed by atoms with van der Waals surface area (Å²) >= 11 is 0. The second-order valence-corrected chi connectivity index (χ2v) is 7.86. The molecule has 2 heterocycles. The van der Waals surface area contributed by atoms with Crippen LogP contribution >= 0.6 is 0 Å². The number of anilines is 1. The van der Waals surface area contributed by atoms with E-state index in [1.165, 1.54) is 11.8 Å². The Kier molecular flexibility index (Phi) is 6.96. The molecular weight excluding hydrogens is 380 g/mol. The van der Waals surface area contributed by atoms with Gasteiger partial charge in [0.25, 0.3) is 5.91 Å². The van der Waals surface area contributed by atoms with Crippen molar-refractivity contribution in [2.24, 2.45) is 5.92 Å². The van der Waals surface area contributed by atoms with E-state index in [1.54, 1.807) is 11.0 Å². The molecule has 0 radical (unpaired) electrons. The third kappa shape index (κ3) is 5.54. The predicted octanol–water partition coefficient (Wildman–Crippen LogP) is 3.15. The molecule has 0 aliphatic carbocycles. The summed E-state index contributed by atoms with van der Waals surface area (Å²) in [5, 5.41) is 22.0. The van der Waals surface area contributed by atoms with Crippen molar-refractivity contribution in [2.45, 2.75) is 32.6 Å². The third-order valence-electron chi connectivity index (χ3n) is 5.11. The summed E-state index contributed by atoms with van der Waals surface area (Å²) in [6.45, 7) is 5.84. The number of aromatic nitrogens is 2. The molecule has 1 aromatic heterocycles. The summed E-state index contributed by atoms with van der Waals surface area (Å²) in [6, 6.07) is 11.0. The molecule has 2 N–H and O–H groups in total. The van der Waals surface area contributed by atoms with Crippen LogP contribution in [0.1, 0.15) is 54.1 Å². The van der Waals surface area contributed by atoms with Crippen LogP contribution in [-0.4, -0.2) is 46.7 Å². The predicted molar refractivity (Wildman–Crippen MR) is 113 cm³/mol. The quantitative estimate of drug-likeness (QED) is 0.792. The molecule has 3 amide bonds. The first kappa shape index (κ1) is 21.2. The Morgan fingerprint density at radius 3 is 2.57 bits per heavy atom. The Labute approximate surface area is 176 Å². The molecule has 2 aromatic rings. The SMILES string of the molecule is CC(C)CNC(=O)Nc1cc(C(=O)N2CCC(c3ccc(C#N)cc3)CC2)cnn1. The highest BCUT2D eigenvalue weighted by molar-refractivity contribution is 5.96. The molecule has 0 atom stereocenters. The van der Waals surface area contributed by atoms with Gasteiger partial charge in [0.15, 0.2) is 5.82 Å². The number of nitrogens with one attached hydrogen (secondary N) is 2. The van der Waals surface area contributed by atoms with E-state index < -0.39 is 0 Å². The fraction of sp³-hybridized carbons (Fsp3) is 0.409. The molecule has 0 saturated carbocycles. The van der Waals surface area contributed by atoms with Crippen molar-refractivity contribution in [2.75, 3.05) is 25.0 Å². The smallest absolute Gasteiger partial charge is 0.320 e. The van der Waals surface area contributed by atoms with E-state index in [0.717, 1.165) is 12.8 Å². The minimum atomic E-state index is -0.370. The van der Waals surface area contributed by atoms with Crippen molar-refractivity contribution in [1.29, 1.82) is 5.26 Å². The number of carbonyl (C=O) groups excluding carboxylic acids is 2. The maximum absolute atomic E-state index is 12.9. The van der Waals surface area contributed by atoms with Crippen molar-refractivity contribution in [3.63, 3.8) is 0 Å². The summed E-state index contributed by atoms with van der Waals surface area (Å²) < 4.78 is 0. The van der Waals surface area contributed by atoms with Crippen molar-refractivity contribution in [1.82, 2.24) is 20.4 Å². The van der Waals surface area contributed by atoms with E-state index in [9.17, 15) is 9.59 Å². The maximum Gasteiger partial charge on any atom is 0.320 e. The number of amides is 3. The topological polar surface area (TPSA) is 111 Å². The van der Waals surface area contributed by atoms with Gasteiger partial charge < -0.3 is 10.2 Å². The number of hydrogen-bond acceptors (Lipinski definition) is 5. The van der Waals surface area contributed by atoms with E-state index in [4.69, 9.17) is 5.26 Å². The van der Waals surface area contributed by atoms with Crippen LogP contribution in [0.3, 0.4) is 0 Å². The van der Waals surface area contributed by atoms with Crippen LogP contribution in [0.25, 0.3) is 0 Å². The van der Waals surface area contributed by atoms with Gasteiger partial charge in [0, 0.05) is 19.6 Å². The van der Waals surface area contributed by atoms with Crippen LogP contribution in [0, 0.1) is 17.2 Å². The number of piperidine rings is 1. The zero-order valence-electron chi connectivity index (χ0n) is 17.3. The minimum Gasteiger partial charge on any atom is -0.339 e. The zero-order valence-corrected chi connectivity index (χ0v) is 17.3. The van der Waals surface area contributed by atoms with Gasteiger partial charge >= 0.3 is 6.03 Å². The van der Waals surface area contributed by atoms with Gasteiger partial charge in [-0.2, -0.15) is 10.4 Å². The van der Waals surface area contributed by atoms with E-state index in [0.29, 0.717) is 42.6 Å². The van der Waals surface area contributed by atoms with Crippen LogP contribution in [0.5, 0.6) is 0 Å². The molecule has 1 aliphatic rings. The van der Waals surface area contributed by atoms with Crippen LogP contribution in [0.15, 0.2) is 36.5 Å². The van der Waals surface area contributed by atoms with Crippen molar-refractivity contribution < 1.29 is 9.59 Å². The van der Waals surface area contributed by atoms with Gasteiger partial charge in [-0.15, -0.1) is 5.10 Å². The van der Waals surface area contributed by atoms with Gasteiger partial charge in [-0.05, 0) is 48.4 Å². The first-order valence-corrected chi connectivity index (χ1v) is 10.1. The van der Waals surface area contributed by atoms with Crippen molar-refractivity contribution >= 4 is 17.8 Å². The molecule has 0 spiro atoms. The lowest BCUT2D eigenvalue weighted by Crippen LogP contribution is -2.38. The molecule has 0 bridgehead atoms. The lowest BCUT2D eigenvalue weighted by Gasteiger charge is -2.32. The summed E-state index contributed by atoms with van der Waals surface area (Å²) in [5.74, 6) is 0.838. The molecule has 8 heteroatoms. The molecule has 156 valence electrons. The number of hydrogen-bond donors (Lipinski definition) is 2. The summed E-state index contributed by atoms with van der Waals surface area (Å²) in [7, 11) is 0. The summed E-state index contributed by atoms with van der Waals surface area (Å²) in [5.41, 5.74) is 2.26. The number of likely N-dealkylation sites (tertiary alicyclic amines) is 1. The molecule has 1 aliphatic heterocycles. The van der Waals surface area contributed by atoms with Gasteiger partial charge in [0.05, 0.1) is 23.4 Å². The molecule has 1 aromatic carbocycles. The highest BCUT2D eigenvalue weighted by atomic mass is 16.2. The van der Waals surface area contributed by atoms with E-state index >= 15 is 0 Å². The number of carbonyl (C=O) groups is 2. The normalized spacial score (nSPS) is 14.3. The van der Waals surface area contributed by atoms with Gasteiger partial charge in [-0.25, -0.2) is 4.79 Å². The summed E-state index contributed by atoms with van der Waals surface area (Å²) in [4.78, 5) is 26.6. The number of benzene rings is 1. The largest absolute Gasteiger partial charge is 0.339 e. The average Bonchev–Trinajstić information content (AvgIpc) is 2.77. The third-order valence-corrected chi connectivity index (χ3v) is 5.11. The number of urea groups is 1. The van der Waals surface area contributed by atoms with E-state index in [-0.39, 0.29) is 17.8 Å². The van der Waals surface area contributed by atoms with Gasteiger partial charge in [-0.3, -0.25) is 10.1 Å². The van der Waals surface area contributed by atoms with Crippen LogP contribution in [0.2, 0.25) is 0 Å². The zero-order chi connectivity index (χ0) is 21.5. The first-order valence-electron chi connectivity index (χ1n) is 10.1. The molecule has 8 nitrogen and oxygen atoms in total. The second-order valence-electron chi connectivity index (χ2n) is 7.86. The Morgan fingerprint density at radius 1 is 1.23 bits per heavy atom. The Hall–Kier alpha value is -3.47. The molecule has 0 unspecified atom stereocenters. The van der Waals surface area contributed by atoms with Crippen LogP contribution in [-0.2, 0) is 0 Å². The Balaban J connectivity index is 1.57. The highest BCUT2D eigenvalue weighted by Crippen LogP contribution is 2.28. The first-order chi connectivity index (χ1) is 14.5. The molecule has 3 rings (SSSR count). The fourth-order valence-electron chi connectivity index (χ4n) is 3.43. The Morgan fingerprint density at radius 2 is 1.93 bits per heavy atom. The molecule has 1 fully saturated rings. The summed E-state index contributed by atoms with van der Waals surface area (Å²) in [6.07, 6.45) is 3.14. The number of rotatable bonds is 5. The van der Waals surface area contributed by atoms with Crippen molar-refractivity contribution in [3.8, 4) is 6.07 Å². The standard InChI is InChI=1S/C22H26N6O2/c1-15(2)13-24-22(30)26-20-11-19(14-25-27-20)21(29)28-9-7-18(8-10-28)17-5-3-16(12-23)4-6-17/h3-6,11,14-15,18H,7-10,13H2,1-2H3,(H2,24,26,27,30).